The van der Waals surface area contributed by atoms with Gasteiger partial charge in [0.15, 0.2) is 0 Å². The Hall–Kier alpha value is -0.730. The van der Waals surface area contributed by atoms with Gasteiger partial charge in [-0.15, -0.1) is 0 Å². The Bertz CT molecular complexity index is 537. The summed E-state index contributed by atoms with van der Waals surface area (Å²) in [4.78, 5) is 14.6. The molecule has 1 aliphatic heterocycles. The van der Waals surface area contributed by atoms with Gasteiger partial charge in [-0.25, -0.2) is 0 Å². The van der Waals surface area contributed by atoms with E-state index < -0.39 is 47.4 Å². The van der Waals surface area contributed by atoms with Crippen LogP contribution in [-0.2, 0) is 9.53 Å². The van der Waals surface area contributed by atoms with Crippen molar-refractivity contribution in [1.82, 2.24) is 4.90 Å². The number of aliphatic hydroxyl groups excluding tert-OH is 2. The first-order valence-corrected chi connectivity index (χ1v) is 10.9. The Morgan fingerprint density at radius 3 is 2.17 bits per heavy atom. The lowest BCUT2D eigenvalue weighted by Gasteiger charge is -2.42. The van der Waals surface area contributed by atoms with Crippen LogP contribution in [0.3, 0.4) is 0 Å². The molecule has 0 aromatic heterocycles. The Morgan fingerprint density at radius 2 is 1.66 bits per heavy atom. The highest BCUT2D eigenvalue weighted by Gasteiger charge is 2.45. The molecule has 1 saturated heterocycles. The van der Waals surface area contributed by atoms with Gasteiger partial charge in [0.05, 0.1) is 17.6 Å². The van der Waals surface area contributed by atoms with Crippen LogP contribution in [0.5, 0.6) is 0 Å². The second-order valence-corrected chi connectivity index (χ2v) is 9.95. The average Bonchev–Trinajstić information content (AvgIpc) is 2.60. The molecule has 0 bridgehead atoms. The molecular formula is C22H43NO6. The smallest absolute Gasteiger partial charge is 0.311 e. The van der Waals surface area contributed by atoms with Crippen LogP contribution < -0.4 is 0 Å². The molecule has 29 heavy (non-hydrogen) atoms. The van der Waals surface area contributed by atoms with Gasteiger partial charge in [-0.2, -0.15) is 0 Å². The minimum Gasteiger partial charge on any atom is -0.459 e. The highest BCUT2D eigenvalue weighted by molar-refractivity contribution is 5.73. The van der Waals surface area contributed by atoms with E-state index in [0.29, 0.717) is 25.8 Å². The summed E-state index contributed by atoms with van der Waals surface area (Å²) in [6.07, 6.45) is -1.84. The topological polar surface area (TPSA) is 110 Å². The molecule has 1 rings (SSSR count). The van der Waals surface area contributed by atoms with Gasteiger partial charge in [0.2, 0.25) is 0 Å². The number of ether oxygens (including phenoxy) is 1. The minimum atomic E-state index is -1.65. The molecule has 4 N–H and O–H groups in total. The second kappa shape index (κ2) is 10.1. The molecule has 7 heteroatoms. The molecule has 0 spiro atoms. The van der Waals surface area contributed by atoms with Gasteiger partial charge in [-0.3, -0.25) is 4.79 Å². The third-order valence-corrected chi connectivity index (χ3v) is 6.65. The molecule has 0 unspecified atom stereocenters. The highest BCUT2D eigenvalue weighted by atomic mass is 16.6. The molecule has 0 aromatic rings. The largest absolute Gasteiger partial charge is 0.459 e. The van der Waals surface area contributed by atoms with Crippen molar-refractivity contribution in [3.63, 3.8) is 0 Å². The number of nitrogens with zero attached hydrogens (tertiary/aromatic N) is 1. The number of carbonyl (C=O) groups excluding carboxylic acids is 1. The maximum absolute atomic E-state index is 12.7. The third kappa shape index (κ3) is 6.62. The van der Waals surface area contributed by atoms with E-state index in [4.69, 9.17) is 4.74 Å². The summed E-state index contributed by atoms with van der Waals surface area (Å²) < 4.78 is 5.56. The lowest BCUT2D eigenvalue weighted by atomic mass is 9.81. The number of hydrogen-bond acceptors (Lipinski definition) is 7. The van der Waals surface area contributed by atoms with E-state index in [1.165, 1.54) is 6.92 Å². The van der Waals surface area contributed by atoms with Crippen molar-refractivity contribution in [3.05, 3.63) is 0 Å². The Labute approximate surface area is 176 Å². The molecule has 1 fully saturated rings. The lowest BCUT2D eigenvalue weighted by molar-refractivity contribution is -0.192. The van der Waals surface area contributed by atoms with E-state index in [9.17, 15) is 25.2 Å². The SMILES string of the molecule is CC[C@H]1OC(=O)[C@H](C)[C@@H](O)[C@H](C)C[C@](C)(O)C[C@@H](C)CN(C)[C@H](C)[C@@H](O)[C@]1(C)O. The number of hydrogen-bond donors (Lipinski definition) is 4. The van der Waals surface area contributed by atoms with Crippen LogP contribution >= 0.6 is 0 Å². The van der Waals surface area contributed by atoms with E-state index in [1.807, 2.05) is 32.7 Å². The number of carbonyl (C=O) groups is 1. The van der Waals surface area contributed by atoms with Gasteiger partial charge in [-0.1, -0.05) is 20.8 Å². The zero-order chi connectivity index (χ0) is 22.7. The Kier molecular flexibility index (Phi) is 9.12. The fourth-order valence-electron chi connectivity index (χ4n) is 4.79. The lowest BCUT2D eigenvalue weighted by Crippen LogP contribution is -2.59. The number of esters is 1. The Balaban J connectivity index is 3.28. The number of rotatable bonds is 1. The quantitative estimate of drug-likeness (QED) is 0.479. The summed E-state index contributed by atoms with van der Waals surface area (Å²) in [5, 5.41) is 43.5. The molecule has 1 aliphatic rings. The van der Waals surface area contributed by atoms with Crippen LogP contribution in [0.4, 0.5) is 0 Å². The van der Waals surface area contributed by atoms with Crippen molar-refractivity contribution < 1.29 is 30.0 Å². The standard InChI is InChI=1S/C22H43NO6/c1-9-17-22(7,28)19(25)16(5)23(8)12-13(2)10-21(6,27)11-14(3)18(24)15(4)20(26)29-17/h13-19,24-25,27-28H,9-12H2,1-8H3/t13-,14-,15-,16-,17-,18+,19-,21-,22-/m1/s1. The van der Waals surface area contributed by atoms with Gasteiger partial charge >= 0.3 is 5.97 Å². The van der Waals surface area contributed by atoms with Crippen LogP contribution in [0, 0.1) is 17.8 Å². The van der Waals surface area contributed by atoms with Gasteiger partial charge in [-0.05, 0) is 65.8 Å². The normalized spacial score (nSPS) is 47.2. The van der Waals surface area contributed by atoms with Crippen molar-refractivity contribution in [3.8, 4) is 0 Å². The molecular weight excluding hydrogens is 374 g/mol. The van der Waals surface area contributed by atoms with E-state index in [0.717, 1.165) is 0 Å². The molecule has 9 atom stereocenters. The van der Waals surface area contributed by atoms with Crippen LogP contribution in [0.1, 0.15) is 67.7 Å². The van der Waals surface area contributed by atoms with E-state index in [2.05, 4.69) is 0 Å². The summed E-state index contributed by atoms with van der Waals surface area (Å²) in [6, 6.07) is -0.391. The molecule has 172 valence electrons. The van der Waals surface area contributed by atoms with Gasteiger partial charge in [0.25, 0.3) is 0 Å². The van der Waals surface area contributed by atoms with Gasteiger partial charge in [0.1, 0.15) is 17.8 Å². The maximum atomic E-state index is 12.7. The zero-order valence-electron chi connectivity index (χ0n) is 19.4. The van der Waals surface area contributed by atoms with Crippen LogP contribution in [0.15, 0.2) is 0 Å². The third-order valence-electron chi connectivity index (χ3n) is 6.65. The molecule has 1 heterocycles. The zero-order valence-corrected chi connectivity index (χ0v) is 19.4. The predicted molar refractivity (Wildman–Crippen MR) is 112 cm³/mol. The number of aliphatic hydroxyl groups is 4. The minimum absolute atomic E-state index is 0.126. The van der Waals surface area contributed by atoms with Crippen molar-refractivity contribution in [1.29, 1.82) is 0 Å². The number of likely N-dealkylation sites (N-methyl/N-ethyl adjacent to an activating group) is 1. The predicted octanol–water partition coefficient (Wildman–Crippen LogP) is 1.55. The average molecular weight is 418 g/mol. The first-order valence-electron chi connectivity index (χ1n) is 10.9. The van der Waals surface area contributed by atoms with Crippen LogP contribution in [-0.4, -0.2) is 80.4 Å². The van der Waals surface area contributed by atoms with Crippen molar-refractivity contribution in [2.24, 2.45) is 17.8 Å². The Morgan fingerprint density at radius 1 is 1.10 bits per heavy atom. The van der Waals surface area contributed by atoms with E-state index in [1.54, 1.807) is 20.8 Å². The van der Waals surface area contributed by atoms with E-state index in [-0.39, 0.29) is 11.8 Å². The molecule has 0 radical (unpaired) electrons. The van der Waals surface area contributed by atoms with Crippen molar-refractivity contribution in [2.75, 3.05) is 13.6 Å². The summed E-state index contributed by atoms with van der Waals surface area (Å²) in [5.41, 5.74) is -2.65. The fraction of sp³-hybridized carbons (Fsp3) is 0.955. The molecule has 0 aliphatic carbocycles. The molecule has 0 saturated carbocycles. The van der Waals surface area contributed by atoms with Crippen LogP contribution in [0.25, 0.3) is 0 Å². The monoisotopic (exact) mass is 417 g/mol. The van der Waals surface area contributed by atoms with Crippen LogP contribution in [0.2, 0.25) is 0 Å². The van der Waals surface area contributed by atoms with Gasteiger partial charge in [0, 0.05) is 12.6 Å². The molecule has 0 amide bonds. The number of cyclic esters (lactones) is 1. The first kappa shape index (κ1) is 26.3. The van der Waals surface area contributed by atoms with Crippen molar-refractivity contribution in [2.45, 2.75) is 103 Å². The first-order chi connectivity index (χ1) is 13.1. The summed E-state index contributed by atoms with van der Waals surface area (Å²) in [6.45, 7) is 12.9. The summed E-state index contributed by atoms with van der Waals surface area (Å²) in [7, 11) is 1.87. The van der Waals surface area contributed by atoms with Gasteiger partial charge < -0.3 is 30.1 Å². The summed E-state index contributed by atoms with van der Waals surface area (Å²) in [5.74, 6) is -1.62. The highest BCUT2D eigenvalue weighted by Crippen LogP contribution is 2.31. The van der Waals surface area contributed by atoms with E-state index >= 15 is 0 Å². The molecule has 7 nitrogen and oxygen atoms in total. The second-order valence-electron chi connectivity index (χ2n) is 9.95. The maximum Gasteiger partial charge on any atom is 0.311 e. The summed E-state index contributed by atoms with van der Waals surface area (Å²) >= 11 is 0. The molecule has 0 aromatic carbocycles. The van der Waals surface area contributed by atoms with Crippen molar-refractivity contribution >= 4 is 5.97 Å². The fourth-order valence-corrected chi connectivity index (χ4v) is 4.79.